The van der Waals surface area contributed by atoms with Gasteiger partial charge in [0.1, 0.15) is 11.5 Å². The van der Waals surface area contributed by atoms with Gasteiger partial charge in [-0.15, -0.1) is 0 Å². The van der Waals surface area contributed by atoms with Crippen LogP contribution in [0.15, 0.2) is 72.8 Å². The second kappa shape index (κ2) is 8.95. The van der Waals surface area contributed by atoms with Crippen LogP contribution in [0.3, 0.4) is 0 Å². The van der Waals surface area contributed by atoms with Crippen LogP contribution < -0.4 is 14.4 Å². The van der Waals surface area contributed by atoms with Gasteiger partial charge in [0.05, 0.1) is 19.8 Å². The van der Waals surface area contributed by atoms with Crippen molar-refractivity contribution in [3.8, 4) is 11.5 Å². The Kier molecular flexibility index (Phi) is 6.17. The van der Waals surface area contributed by atoms with Gasteiger partial charge in [0, 0.05) is 29.9 Å². The third kappa shape index (κ3) is 4.43. The summed E-state index contributed by atoms with van der Waals surface area (Å²) in [6.45, 7) is 1.12. The molecule has 0 bridgehead atoms. The molecule has 0 saturated carbocycles. The maximum atomic E-state index is 11.4. The summed E-state index contributed by atoms with van der Waals surface area (Å²) in [6, 6.07) is 22.6. The van der Waals surface area contributed by atoms with Gasteiger partial charge < -0.3 is 19.5 Å². The Hall–Kier alpha value is -3.47. The number of methoxy groups -OCH3 is 2. The maximum absolute atomic E-state index is 11.4. The molecule has 1 N–H and O–H groups in total. The number of rotatable bonds is 8. The van der Waals surface area contributed by atoms with Crippen molar-refractivity contribution in [3.63, 3.8) is 0 Å². The first-order valence-electron chi connectivity index (χ1n) is 8.94. The van der Waals surface area contributed by atoms with Gasteiger partial charge in [0.25, 0.3) is 0 Å². The molecule has 3 aromatic carbocycles. The summed E-state index contributed by atoms with van der Waals surface area (Å²) >= 11 is 0. The van der Waals surface area contributed by atoms with Gasteiger partial charge in [0.2, 0.25) is 0 Å². The molecule has 0 atom stereocenters. The number of hydrogen-bond acceptors (Lipinski definition) is 4. The summed E-state index contributed by atoms with van der Waals surface area (Å²) in [5.74, 6) is 0.639. The fourth-order valence-corrected chi connectivity index (χ4v) is 3.15. The number of anilines is 1. The van der Waals surface area contributed by atoms with Crippen LogP contribution in [0.25, 0.3) is 0 Å². The number of ether oxygens (including phenoxy) is 2. The first-order chi connectivity index (χ1) is 13.6. The molecule has 0 aliphatic rings. The summed E-state index contributed by atoms with van der Waals surface area (Å²) in [5, 5.41) is 9.38. The second-order valence-corrected chi connectivity index (χ2v) is 6.34. The van der Waals surface area contributed by atoms with Crippen LogP contribution in [0.5, 0.6) is 11.5 Å². The zero-order valence-corrected chi connectivity index (χ0v) is 16.0. The standard InChI is InChI=1S/C23H23NO4/c1-27-21-12-5-3-8-18(21)15-24(16-19-9-4-6-13-22(19)28-2)20-11-7-10-17(14-20)23(25)26/h3-14H,15-16H2,1-2H3,(H,25,26). The van der Waals surface area contributed by atoms with Crippen molar-refractivity contribution in [1.29, 1.82) is 0 Å². The van der Waals surface area contributed by atoms with E-state index in [0.717, 1.165) is 28.3 Å². The van der Waals surface area contributed by atoms with Gasteiger partial charge in [-0.25, -0.2) is 4.79 Å². The Morgan fingerprint density at radius 1 is 0.821 bits per heavy atom. The van der Waals surface area contributed by atoms with E-state index in [1.54, 1.807) is 32.4 Å². The van der Waals surface area contributed by atoms with Crippen LogP contribution >= 0.6 is 0 Å². The van der Waals surface area contributed by atoms with E-state index < -0.39 is 5.97 Å². The highest BCUT2D eigenvalue weighted by atomic mass is 16.5. The van der Waals surface area contributed by atoms with Gasteiger partial charge in [0.15, 0.2) is 0 Å². The molecule has 144 valence electrons. The lowest BCUT2D eigenvalue weighted by Gasteiger charge is -2.27. The Bertz CT molecular complexity index is 905. The van der Waals surface area contributed by atoms with Crippen LogP contribution in [0.4, 0.5) is 5.69 Å². The van der Waals surface area contributed by atoms with Crippen molar-refractivity contribution in [3.05, 3.63) is 89.5 Å². The fourth-order valence-electron chi connectivity index (χ4n) is 3.15. The Morgan fingerprint density at radius 2 is 1.36 bits per heavy atom. The van der Waals surface area contributed by atoms with E-state index in [4.69, 9.17) is 9.47 Å². The summed E-state index contributed by atoms with van der Waals surface area (Å²) in [5.41, 5.74) is 3.10. The lowest BCUT2D eigenvalue weighted by atomic mass is 10.1. The predicted molar refractivity (Wildman–Crippen MR) is 109 cm³/mol. The number of hydrogen-bond donors (Lipinski definition) is 1. The minimum atomic E-state index is -0.948. The Labute approximate surface area is 164 Å². The molecule has 0 aliphatic heterocycles. The zero-order valence-electron chi connectivity index (χ0n) is 16.0. The molecule has 0 fully saturated rings. The monoisotopic (exact) mass is 377 g/mol. The van der Waals surface area contributed by atoms with E-state index in [-0.39, 0.29) is 5.56 Å². The van der Waals surface area contributed by atoms with E-state index in [2.05, 4.69) is 4.90 Å². The van der Waals surface area contributed by atoms with Gasteiger partial charge in [-0.05, 0) is 30.3 Å². The van der Waals surface area contributed by atoms with Gasteiger partial charge in [-0.1, -0.05) is 42.5 Å². The van der Waals surface area contributed by atoms with E-state index in [0.29, 0.717) is 13.1 Å². The van der Waals surface area contributed by atoms with E-state index in [1.165, 1.54) is 0 Å². The molecular weight excluding hydrogens is 354 g/mol. The first kappa shape index (κ1) is 19.3. The fraction of sp³-hybridized carbons (Fsp3) is 0.174. The van der Waals surface area contributed by atoms with Crippen LogP contribution in [0, 0.1) is 0 Å². The quantitative estimate of drug-likeness (QED) is 0.621. The molecule has 0 unspecified atom stereocenters. The number of nitrogens with zero attached hydrogens (tertiary/aromatic N) is 1. The molecule has 0 radical (unpaired) electrons. The topological polar surface area (TPSA) is 59.0 Å². The number of carbonyl (C=O) groups is 1. The van der Waals surface area contributed by atoms with Crippen LogP contribution in [0.2, 0.25) is 0 Å². The van der Waals surface area contributed by atoms with Crippen LogP contribution in [-0.2, 0) is 13.1 Å². The van der Waals surface area contributed by atoms with Crippen molar-refractivity contribution in [2.45, 2.75) is 13.1 Å². The maximum Gasteiger partial charge on any atom is 0.335 e. The summed E-state index contributed by atoms with van der Waals surface area (Å²) in [7, 11) is 3.29. The van der Waals surface area contributed by atoms with Crippen molar-refractivity contribution in [2.24, 2.45) is 0 Å². The largest absolute Gasteiger partial charge is 0.496 e. The average Bonchev–Trinajstić information content (AvgIpc) is 2.74. The van der Waals surface area contributed by atoms with Crippen molar-refractivity contribution < 1.29 is 19.4 Å². The molecule has 0 aliphatic carbocycles. The molecular formula is C23H23NO4. The SMILES string of the molecule is COc1ccccc1CN(Cc1ccccc1OC)c1cccc(C(=O)O)c1. The van der Waals surface area contributed by atoms with Crippen LogP contribution in [0.1, 0.15) is 21.5 Å². The molecule has 0 spiro atoms. The number of para-hydroxylation sites is 2. The van der Waals surface area contributed by atoms with Gasteiger partial charge in [-0.2, -0.15) is 0 Å². The average molecular weight is 377 g/mol. The highest BCUT2D eigenvalue weighted by Crippen LogP contribution is 2.28. The minimum absolute atomic E-state index is 0.252. The third-order valence-electron chi connectivity index (χ3n) is 4.57. The van der Waals surface area contributed by atoms with Gasteiger partial charge >= 0.3 is 5.97 Å². The number of carboxylic acids is 1. The van der Waals surface area contributed by atoms with Crippen molar-refractivity contribution in [2.75, 3.05) is 19.1 Å². The van der Waals surface area contributed by atoms with E-state index in [9.17, 15) is 9.90 Å². The number of aromatic carboxylic acids is 1. The molecule has 5 heteroatoms. The molecule has 3 rings (SSSR count). The van der Waals surface area contributed by atoms with Gasteiger partial charge in [-0.3, -0.25) is 0 Å². The summed E-state index contributed by atoms with van der Waals surface area (Å²) < 4.78 is 11.0. The zero-order chi connectivity index (χ0) is 19.9. The van der Waals surface area contributed by atoms with Crippen molar-refractivity contribution in [1.82, 2.24) is 0 Å². The lowest BCUT2D eigenvalue weighted by molar-refractivity contribution is 0.0697. The lowest BCUT2D eigenvalue weighted by Crippen LogP contribution is -2.23. The third-order valence-corrected chi connectivity index (χ3v) is 4.57. The summed E-state index contributed by atoms with van der Waals surface area (Å²) in [6.07, 6.45) is 0. The van der Waals surface area contributed by atoms with E-state index in [1.807, 2.05) is 54.6 Å². The van der Waals surface area contributed by atoms with E-state index >= 15 is 0 Å². The number of benzene rings is 3. The minimum Gasteiger partial charge on any atom is -0.496 e. The second-order valence-electron chi connectivity index (χ2n) is 6.34. The molecule has 0 saturated heterocycles. The smallest absolute Gasteiger partial charge is 0.335 e. The highest BCUT2D eigenvalue weighted by Gasteiger charge is 2.15. The molecule has 3 aromatic rings. The number of carboxylic acid groups (broad SMARTS) is 1. The van der Waals surface area contributed by atoms with Crippen molar-refractivity contribution >= 4 is 11.7 Å². The normalized spacial score (nSPS) is 10.4. The molecule has 5 nitrogen and oxygen atoms in total. The molecule has 28 heavy (non-hydrogen) atoms. The van der Waals surface area contributed by atoms with Crippen LogP contribution in [-0.4, -0.2) is 25.3 Å². The predicted octanol–water partition coefficient (Wildman–Crippen LogP) is 4.61. The molecule has 0 aromatic heterocycles. The summed E-state index contributed by atoms with van der Waals surface area (Å²) in [4.78, 5) is 13.5. The molecule has 0 amide bonds. The highest BCUT2D eigenvalue weighted by molar-refractivity contribution is 5.88. The Morgan fingerprint density at radius 3 is 1.86 bits per heavy atom. The molecule has 0 heterocycles. The Balaban J connectivity index is 2.00. The first-order valence-corrected chi connectivity index (χ1v) is 8.94.